The zero-order valence-electron chi connectivity index (χ0n) is 15.7. The van der Waals surface area contributed by atoms with Crippen LogP contribution in [0.15, 0.2) is 36.4 Å². The molecule has 1 saturated carbocycles. The lowest BCUT2D eigenvalue weighted by atomic mass is 9.97. The van der Waals surface area contributed by atoms with Crippen molar-refractivity contribution in [3.05, 3.63) is 59.2 Å². The van der Waals surface area contributed by atoms with Gasteiger partial charge in [-0.05, 0) is 60.7 Å². The molecule has 0 amide bonds. The van der Waals surface area contributed by atoms with E-state index in [1.54, 1.807) is 6.07 Å². The van der Waals surface area contributed by atoms with E-state index in [-0.39, 0.29) is 11.1 Å². The third-order valence-corrected chi connectivity index (χ3v) is 7.03. The normalized spacial score (nSPS) is 15.5. The molecule has 0 spiro atoms. The van der Waals surface area contributed by atoms with Gasteiger partial charge in [-0.3, -0.25) is 4.79 Å². The fourth-order valence-electron chi connectivity index (χ4n) is 3.56. The van der Waals surface area contributed by atoms with E-state index in [0.29, 0.717) is 24.0 Å². The minimum atomic E-state index is -3.62. The van der Waals surface area contributed by atoms with Crippen molar-refractivity contribution < 1.29 is 22.0 Å². The summed E-state index contributed by atoms with van der Waals surface area (Å²) in [5, 5.41) is -0.501. The summed E-state index contributed by atoms with van der Waals surface area (Å²) in [4.78, 5) is 12.6. The van der Waals surface area contributed by atoms with Gasteiger partial charge in [-0.15, -0.1) is 0 Å². The Kier molecular flexibility index (Phi) is 6.25. The van der Waals surface area contributed by atoms with Crippen LogP contribution in [0, 0.1) is 18.6 Å². The average molecular weight is 407 g/mol. The third kappa shape index (κ3) is 4.64. The molecule has 7 heteroatoms. The summed E-state index contributed by atoms with van der Waals surface area (Å²) in [6, 6.07) is 8.67. The van der Waals surface area contributed by atoms with Crippen LogP contribution in [0.25, 0.3) is 11.1 Å². The number of benzene rings is 2. The quantitative estimate of drug-likeness (QED) is 0.723. The highest BCUT2D eigenvalue weighted by molar-refractivity contribution is 7.90. The predicted molar refractivity (Wildman–Crippen MR) is 105 cm³/mol. The monoisotopic (exact) mass is 407 g/mol. The lowest BCUT2D eigenvalue weighted by Crippen LogP contribution is -2.38. The van der Waals surface area contributed by atoms with Crippen LogP contribution in [-0.2, 0) is 10.0 Å². The van der Waals surface area contributed by atoms with E-state index in [0.717, 1.165) is 19.3 Å². The minimum Gasteiger partial charge on any atom is -0.293 e. The fraction of sp³-hybridized carbons (Fsp3) is 0.381. The van der Waals surface area contributed by atoms with Crippen LogP contribution in [0.3, 0.4) is 0 Å². The predicted octanol–water partition coefficient (Wildman–Crippen LogP) is 4.38. The van der Waals surface area contributed by atoms with Gasteiger partial charge >= 0.3 is 0 Å². The van der Waals surface area contributed by atoms with E-state index < -0.39 is 39.2 Å². The van der Waals surface area contributed by atoms with Gasteiger partial charge in [0.05, 0.1) is 17.4 Å². The molecule has 1 aliphatic carbocycles. The zero-order chi connectivity index (χ0) is 20.3. The smallest absolute Gasteiger partial charge is 0.214 e. The highest BCUT2D eigenvalue weighted by Crippen LogP contribution is 2.26. The number of aryl methyl sites for hydroxylation is 1. The lowest BCUT2D eigenvalue weighted by Gasteiger charge is -2.21. The molecule has 1 N–H and O–H groups in total. The van der Waals surface area contributed by atoms with Gasteiger partial charge in [-0.1, -0.05) is 31.4 Å². The maximum Gasteiger partial charge on any atom is 0.214 e. The van der Waals surface area contributed by atoms with E-state index in [1.165, 1.54) is 37.3 Å². The largest absolute Gasteiger partial charge is 0.293 e. The van der Waals surface area contributed by atoms with Gasteiger partial charge in [0.15, 0.2) is 5.78 Å². The summed E-state index contributed by atoms with van der Waals surface area (Å²) >= 11 is 0. The molecule has 0 atom stereocenters. The van der Waals surface area contributed by atoms with Crippen molar-refractivity contribution in [1.29, 1.82) is 0 Å². The van der Waals surface area contributed by atoms with Crippen LogP contribution in [0.4, 0.5) is 8.78 Å². The topological polar surface area (TPSA) is 63.2 Å². The highest BCUT2D eigenvalue weighted by Gasteiger charge is 2.28. The van der Waals surface area contributed by atoms with Crippen LogP contribution < -0.4 is 4.72 Å². The van der Waals surface area contributed by atoms with Crippen molar-refractivity contribution in [2.24, 2.45) is 0 Å². The molecule has 0 heterocycles. The Morgan fingerprint density at radius 3 is 2.46 bits per heavy atom. The molecule has 1 aliphatic rings. The maximum atomic E-state index is 14.5. The number of nitrogens with one attached hydrogen (secondary N) is 1. The molecule has 0 saturated heterocycles. The summed E-state index contributed by atoms with van der Waals surface area (Å²) in [5.41, 5.74) is 1.04. The van der Waals surface area contributed by atoms with Gasteiger partial charge in [-0.2, -0.15) is 0 Å². The van der Waals surface area contributed by atoms with Crippen molar-refractivity contribution in [3.63, 3.8) is 0 Å². The molecule has 4 nitrogen and oxygen atoms in total. The summed E-state index contributed by atoms with van der Waals surface area (Å²) in [6.07, 6.45) is 3.87. The van der Waals surface area contributed by atoms with E-state index in [9.17, 15) is 22.0 Å². The van der Waals surface area contributed by atoms with Gasteiger partial charge in [0.1, 0.15) is 11.6 Å². The Balaban J connectivity index is 1.81. The SMILES string of the molecule is Cc1cc(-c2cccc(F)c2)cc(C(=O)CNS(=O)(=O)C2CCCCC2)c1F. The number of rotatable bonds is 6. The average Bonchev–Trinajstić information content (AvgIpc) is 2.69. The van der Waals surface area contributed by atoms with Crippen molar-refractivity contribution in [3.8, 4) is 11.1 Å². The third-order valence-electron chi connectivity index (χ3n) is 5.14. The fourth-order valence-corrected chi connectivity index (χ4v) is 5.08. The first-order valence-electron chi connectivity index (χ1n) is 9.35. The molecule has 0 aliphatic heterocycles. The van der Waals surface area contributed by atoms with E-state index >= 15 is 0 Å². The number of sulfonamides is 1. The number of carbonyl (C=O) groups is 1. The van der Waals surface area contributed by atoms with Crippen LogP contribution >= 0.6 is 0 Å². The summed E-state index contributed by atoms with van der Waals surface area (Å²) in [6.45, 7) is 1.02. The number of hydrogen-bond donors (Lipinski definition) is 1. The van der Waals surface area contributed by atoms with Gasteiger partial charge in [0.2, 0.25) is 10.0 Å². The number of halogens is 2. The molecule has 3 rings (SSSR count). The first-order valence-corrected chi connectivity index (χ1v) is 10.9. The van der Waals surface area contributed by atoms with Crippen LogP contribution in [-0.4, -0.2) is 26.0 Å². The van der Waals surface area contributed by atoms with Gasteiger partial charge in [0, 0.05) is 0 Å². The minimum absolute atomic E-state index is 0.203. The first-order chi connectivity index (χ1) is 13.3. The Hall–Kier alpha value is -2.12. The van der Waals surface area contributed by atoms with Gasteiger partial charge < -0.3 is 0 Å². The molecular weight excluding hydrogens is 384 g/mol. The van der Waals surface area contributed by atoms with Crippen molar-refractivity contribution in [1.82, 2.24) is 4.72 Å². The second-order valence-electron chi connectivity index (χ2n) is 7.21. The molecule has 28 heavy (non-hydrogen) atoms. The van der Waals surface area contributed by atoms with Crippen LogP contribution in [0.5, 0.6) is 0 Å². The number of ketones is 1. The molecule has 0 radical (unpaired) electrons. The Bertz CT molecular complexity index is 983. The molecular formula is C21H23F2NO3S. The molecule has 2 aromatic carbocycles. The highest BCUT2D eigenvalue weighted by atomic mass is 32.2. The zero-order valence-corrected chi connectivity index (χ0v) is 16.5. The second-order valence-corrected chi connectivity index (χ2v) is 9.26. The Morgan fingerprint density at radius 2 is 1.79 bits per heavy atom. The van der Waals surface area contributed by atoms with Crippen molar-refractivity contribution in [2.75, 3.05) is 6.54 Å². The van der Waals surface area contributed by atoms with Crippen LogP contribution in [0.2, 0.25) is 0 Å². The molecule has 2 aromatic rings. The maximum absolute atomic E-state index is 14.5. The number of Topliss-reactive ketones (excluding diaryl/α,β-unsaturated/α-hetero) is 1. The number of hydrogen-bond acceptors (Lipinski definition) is 3. The molecule has 150 valence electrons. The van der Waals surface area contributed by atoms with E-state index in [2.05, 4.69) is 4.72 Å². The lowest BCUT2D eigenvalue weighted by molar-refractivity contribution is 0.0993. The molecule has 0 unspecified atom stereocenters. The van der Waals surface area contributed by atoms with Gasteiger partial charge in [-0.25, -0.2) is 21.9 Å². The number of carbonyl (C=O) groups excluding carboxylic acids is 1. The second kappa shape index (κ2) is 8.49. The summed E-state index contributed by atoms with van der Waals surface area (Å²) in [7, 11) is -3.62. The molecule has 1 fully saturated rings. The Morgan fingerprint density at radius 1 is 1.07 bits per heavy atom. The first kappa shape index (κ1) is 20.6. The summed E-state index contributed by atoms with van der Waals surface area (Å²) in [5.74, 6) is -1.78. The standard InChI is InChI=1S/C21H23F2NO3S/c1-14-10-16(15-6-5-7-17(22)11-15)12-19(21(14)23)20(25)13-24-28(26,27)18-8-3-2-4-9-18/h5-7,10-12,18,24H,2-4,8-9,13H2,1H3. The van der Waals surface area contributed by atoms with E-state index in [4.69, 9.17) is 0 Å². The van der Waals surface area contributed by atoms with E-state index in [1.807, 2.05) is 0 Å². The van der Waals surface area contributed by atoms with Crippen LogP contribution in [0.1, 0.15) is 48.0 Å². The van der Waals surface area contributed by atoms with Crippen molar-refractivity contribution in [2.45, 2.75) is 44.3 Å². The molecule has 0 bridgehead atoms. The summed E-state index contributed by atoms with van der Waals surface area (Å²) < 4.78 is 55.2. The van der Waals surface area contributed by atoms with Crippen molar-refractivity contribution >= 4 is 15.8 Å². The van der Waals surface area contributed by atoms with Gasteiger partial charge in [0.25, 0.3) is 0 Å². The Labute approximate surface area is 164 Å². The molecule has 0 aromatic heterocycles.